The van der Waals surface area contributed by atoms with Crippen molar-refractivity contribution in [2.24, 2.45) is 5.92 Å². The summed E-state index contributed by atoms with van der Waals surface area (Å²) in [6.07, 6.45) is 0.852. The Labute approximate surface area is 86.4 Å². The number of nitrogens with zero attached hydrogens (tertiary/aromatic N) is 1. The Kier molecular flexibility index (Phi) is 2.43. The Morgan fingerprint density at radius 2 is 1.80 bits per heavy atom. The highest BCUT2D eigenvalue weighted by molar-refractivity contribution is 5.47. The fourth-order valence-corrected chi connectivity index (χ4v) is 2.17. The molecule has 2 rings (SSSR count). The maximum absolute atomic E-state index is 14.0. The van der Waals surface area contributed by atoms with E-state index in [1.165, 1.54) is 4.90 Å². The first-order valence-corrected chi connectivity index (χ1v) is 5.21. The number of hydrogen-bond donors (Lipinski definition) is 0. The summed E-state index contributed by atoms with van der Waals surface area (Å²) in [4.78, 5) is 11.9. The molecule has 0 spiro atoms. The molecule has 2 nitrogen and oxygen atoms in total. The average Bonchev–Trinajstić information content (AvgIpc) is 2.74. The lowest BCUT2D eigenvalue weighted by Gasteiger charge is -2.34. The van der Waals surface area contributed by atoms with Crippen molar-refractivity contribution in [2.45, 2.75) is 37.3 Å². The fraction of sp³-hybridized carbons (Fsp3) is 0.900. The third kappa shape index (κ3) is 2.26. The Balaban J connectivity index is 1.84. The summed E-state index contributed by atoms with van der Waals surface area (Å²) in [5.41, 5.74) is -1.48. The van der Waals surface area contributed by atoms with Gasteiger partial charge in [-0.25, -0.2) is 13.2 Å². The molecule has 1 atom stereocenters. The summed E-state index contributed by atoms with van der Waals surface area (Å²) in [5.74, 6) is -3.41. The minimum absolute atomic E-state index is 0.0489. The van der Waals surface area contributed by atoms with Crippen LogP contribution in [-0.2, 0) is 4.79 Å². The molecule has 5 heteroatoms. The number of carbonyl (C=O) groups excluding carboxylic acids is 1. The first kappa shape index (κ1) is 10.8. The van der Waals surface area contributed by atoms with Crippen molar-refractivity contribution in [1.29, 1.82) is 0 Å². The third-order valence-electron chi connectivity index (χ3n) is 3.41. The molecule has 1 saturated carbocycles. The van der Waals surface area contributed by atoms with Crippen molar-refractivity contribution in [3.05, 3.63) is 0 Å². The smallest absolute Gasteiger partial charge is 0.251 e. The van der Waals surface area contributed by atoms with Crippen molar-refractivity contribution in [2.75, 3.05) is 13.1 Å². The van der Waals surface area contributed by atoms with Gasteiger partial charge in [-0.3, -0.25) is 4.79 Å². The quantitative estimate of drug-likeness (QED) is 0.667. The van der Waals surface area contributed by atoms with Crippen LogP contribution in [0.4, 0.5) is 13.2 Å². The second-order valence-electron chi connectivity index (χ2n) is 4.66. The first-order valence-electron chi connectivity index (χ1n) is 5.21. The summed E-state index contributed by atoms with van der Waals surface area (Å²) in [6, 6.07) is 0. The molecule has 15 heavy (non-hydrogen) atoms. The number of piperidine rings is 1. The highest BCUT2D eigenvalue weighted by atomic mass is 19.3. The van der Waals surface area contributed by atoms with Crippen LogP contribution >= 0.6 is 0 Å². The molecule has 86 valence electrons. The number of likely N-dealkylation sites (tertiary alicyclic amines) is 1. The van der Waals surface area contributed by atoms with E-state index < -0.39 is 17.5 Å². The molecule has 0 aromatic heterocycles. The molecule has 2 fully saturated rings. The lowest BCUT2D eigenvalue weighted by molar-refractivity contribution is -0.120. The summed E-state index contributed by atoms with van der Waals surface area (Å²) >= 11 is 0. The van der Waals surface area contributed by atoms with Crippen molar-refractivity contribution in [3.63, 3.8) is 0 Å². The van der Waals surface area contributed by atoms with Crippen LogP contribution in [0.1, 0.15) is 25.7 Å². The number of alkyl halides is 3. The number of halogens is 3. The van der Waals surface area contributed by atoms with E-state index in [0.29, 0.717) is 19.5 Å². The Hall–Kier alpha value is -0.740. The predicted molar refractivity (Wildman–Crippen MR) is 48.4 cm³/mol. The minimum Gasteiger partial charge on any atom is -0.345 e. The molecule has 0 radical (unpaired) electrons. The maximum atomic E-state index is 14.0. The van der Waals surface area contributed by atoms with Gasteiger partial charge in [0, 0.05) is 25.4 Å². The monoisotopic (exact) mass is 221 g/mol. The third-order valence-corrected chi connectivity index (χ3v) is 3.41. The summed E-state index contributed by atoms with van der Waals surface area (Å²) in [7, 11) is 0. The topological polar surface area (TPSA) is 20.3 Å². The molecule has 1 unspecified atom stereocenters. The van der Waals surface area contributed by atoms with Crippen LogP contribution in [0, 0.1) is 5.92 Å². The van der Waals surface area contributed by atoms with Crippen molar-refractivity contribution in [1.82, 2.24) is 4.90 Å². The molecule has 1 saturated heterocycles. The number of rotatable bonds is 3. The normalized spacial score (nSPS) is 32.5. The summed E-state index contributed by atoms with van der Waals surface area (Å²) in [6.45, 7) is 0.691. The van der Waals surface area contributed by atoms with Gasteiger partial charge in [0.25, 0.3) is 5.92 Å². The lowest BCUT2D eigenvalue weighted by atomic mass is 9.88. The van der Waals surface area contributed by atoms with E-state index in [4.69, 9.17) is 0 Å². The maximum Gasteiger partial charge on any atom is 0.251 e. The van der Waals surface area contributed by atoms with Gasteiger partial charge in [0.15, 0.2) is 0 Å². The molecule has 0 N–H and O–H groups in total. The molecule has 2 aliphatic rings. The Bertz CT molecular complexity index is 261. The predicted octanol–water partition coefficient (Wildman–Crippen LogP) is 1.99. The lowest BCUT2D eigenvalue weighted by Crippen LogP contribution is -2.41. The largest absolute Gasteiger partial charge is 0.345 e. The molecular formula is C10H14F3NO. The van der Waals surface area contributed by atoms with Crippen molar-refractivity contribution in [3.8, 4) is 0 Å². The Morgan fingerprint density at radius 1 is 1.27 bits per heavy atom. The van der Waals surface area contributed by atoms with E-state index in [1.807, 2.05) is 0 Å². The van der Waals surface area contributed by atoms with Crippen LogP contribution in [0.25, 0.3) is 0 Å². The molecule has 1 heterocycles. The van der Waals surface area contributed by atoms with E-state index in [2.05, 4.69) is 0 Å². The zero-order valence-electron chi connectivity index (χ0n) is 8.39. The van der Waals surface area contributed by atoms with Crippen LogP contribution in [0.5, 0.6) is 0 Å². The van der Waals surface area contributed by atoms with Gasteiger partial charge in [0.05, 0.1) is 0 Å². The summed E-state index contributed by atoms with van der Waals surface area (Å²) in [5, 5.41) is 0. The van der Waals surface area contributed by atoms with Crippen LogP contribution in [-0.4, -0.2) is 36.0 Å². The van der Waals surface area contributed by atoms with Gasteiger partial charge in [-0.05, 0) is 19.3 Å². The van der Waals surface area contributed by atoms with Crippen molar-refractivity contribution >= 4 is 6.41 Å². The molecule has 1 aliphatic heterocycles. The van der Waals surface area contributed by atoms with Gasteiger partial charge in [-0.2, -0.15) is 0 Å². The van der Waals surface area contributed by atoms with E-state index in [-0.39, 0.29) is 25.7 Å². The van der Waals surface area contributed by atoms with Gasteiger partial charge in [-0.15, -0.1) is 0 Å². The van der Waals surface area contributed by atoms with E-state index in [9.17, 15) is 18.0 Å². The molecular weight excluding hydrogens is 207 g/mol. The van der Waals surface area contributed by atoms with Crippen LogP contribution in [0.15, 0.2) is 0 Å². The van der Waals surface area contributed by atoms with Gasteiger partial charge >= 0.3 is 0 Å². The highest BCUT2D eigenvalue weighted by Gasteiger charge is 2.59. The van der Waals surface area contributed by atoms with E-state index >= 15 is 0 Å². The second kappa shape index (κ2) is 3.39. The van der Waals surface area contributed by atoms with Crippen LogP contribution < -0.4 is 0 Å². The zero-order valence-corrected chi connectivity index (χ0v) is 8.39. The fourth-order valence-electron chi connectivity index (χ4n) is 2.17. The van der Waals surface area contributed by atoms with Crippen LogP contribution in [0.2, 0.25) is 0 Å². The SMILES string of the molecule is O=CN1CCC(F)(CC2CC2(F)F)CC1. The first-order chi connectivity index (χ1) is 6.95. The molecule has 1 amide bonds. The number of carbonyl (C=O) groups is 1. The molecule has 1 aliphatic carbocycles. The Morgan fingerprint density at radius 3 is 2.20 bits per heavy atom. The highest BCUT2D eigenvalue weighted by Crippen LogP contribution is 2.54. The van der Waals surface area contributed by atoms with Gasteiger partial charge < -0.3 is 4.90 Å². The van der Waals surface area contributed by atoms with Gasteiger partial charge in [0.1, 0.15) is 5.67 Å². The standard InChI is InChI=1S/C10H14F3NO/c11-9(5-8-6-10(8,12)13)1-3-14(7-15)4-2-9/h7-8H,1-6H2. The van der Waals surface area contributed by atoms with Crippen molar-refractivity contribution < 1.29 is 18.0 Å². The van der Waals surface area contributed by atoms with E-state index in [0.717, 1.165) is 0 Å². The number of amides is 1. The summed E-state index contributed by atoms with van der Waals surface area (Å²) < 4.78 is 39.3. The molecule has 0 aromatic carbocycles. The number of hydrogen-bond acceptors (Lipinski definition) is 1. The van der Waals surface area contributed by atoms with E-state index in [1.54, 1.807) is 0 Å². The average molecular weight is 221 g/mol. The van der Waals surface area contributed by atoms with Gasteiger partial charge in [-0.1, -0.05) is 0 Å². The minimum atomic E-state index is -2.64. The molecule has 0 bridgehead atoms. The second-order valence-corrected chi connectivity index (χ2v) is 4.66. The van der Waals surface area contributed by atoms with Crippen LogP contribution in [0.3, 0.4) is 0 Å². The van der Waals surface area contributed by atoms with Gasteiger partial charge in [0.2, 0.25) is 6.41 Å². The molecule has 0 aromatic rings. The zero-order chi connectivity index (χ0) is 11.1.